The first kappa shape index (κ1) is 17.0. The van der Waals surface area contributed by atoms with Crippen LogP contribution in [0.4, 0.5) is 5.69 Å². The molecule has 0 aliphatic carbocycles. The minimum atomic E-state index is 0.0305. The molecular formula is C20H20N2O2S. The molecule has 2 aromatic carbocycles. The summed E-state index contributed by atoms with van der Waals surface area (Å²) in [4.78, 5) is 15.2. The molecule has 4 nitrogen and oxygen atoms in total. The van der Waals surface area contributed by atoms with E-state index >= 15 is 0 Å². The van der Waals surface area contributed by atoms with Crippen LogP contribution in [0.25, 0.3) is 0 Å². The molecule has 0 unspecified atom stereocenters. The average molecular weight is 352 g/mol. The van der Waals surface area contributed by atoms with Gasteiger partial charge in [-0.05, 0) is 35.7 Å². The van der Waals surface area contributed by atoms with Crippen molar-refractivity contribution in [3.63, 3.8) is 0 Å². The number of hydrogen-bond donors (Lipinski definition) is 1. The van der Waals surface area contributed by atoms with Crippen LogP contribution in [-0.2, 0) is 11.3 Å². The smallest absolute Gasteiger partial charge is 0.241 e. The lowest BCUT2D eigenvalue weighted by Gasteiger charge is -2.18. The number of nitrogens with one attached hydrogen (secondary N) is 1. The van der Waals surface area contributed by atoms with E-state index in [-0.39, 0.29) is 12.5 Å². The normalized spacial score (nSPS) is 10.3. The predicted octanol–water partition coefficient (Wildman–Crippen LogP) is 4.61. The maximum absolute atomic E-state index is 12.3. The van der Waals surface area contributed by atoms with Crippen LogP contribution >= 0.6 is 11.3 Å². The summed E-state index contributed by atoms with van der Waals surface area (Å²) in [6, 6.07) is 21.2. The van der Waals surface area contributed by atoms with Crippen molar-refractivity contribution in [3.8, 4) is 11.5 Å². The molecular weight excluding hydrogens is 332 g/mol. The lowest BCUT2D eigenvalue weighted by molar-refractivity contribution is -0.128. The van der Waals surface area contributed by atoms with E-state index in [1.54, 1.807) is 16.2 Å². The number of thiophene rings is 1. The zero-order valence-electron chi connectivity index (χ0n) is 14.0. The number of hydrogen-bond acceptors (Lipinski definition) is 4. The highest BCUT2D eigenvalue weighted by Crippen LogP contribution is 2.28. The summed E-state index contributed by atoms with van der Waals surface area (Å²) in [5.74, 6) is 1.49. The molecule has 0 aliphatic rings. The van der Waals surface area contributed by atoms with Gasteiger partial charge in [-0.3, -0.25) is 4.79 Å². The van der Waals surface area contributed by atoms with Crippen LogP contribution in [0.15, 0.2) is 72.1 Å². The van der Waals surface area contributed by atoms with Gasteiger partial charge in [0, 0.05) is 11.9 Å². The summed E-state index contributed by atoms with van der Waals surface area (Å²) in [5.41, 5.74) is 0.796. The van der Waals surface area contributed by atoms with E-state index in [4.69, 9.17) is 4.74 Å². The highest BCUT2D eigenvalue weighted by atomic mass is 32.1. The summed E-state index contributed by atoms with van der Waals surface area (Å²) in [5, 5.41) is 5.20. The first-order chi connectivity index (χ1) is 12.2. The predicted molar refractivity (Wildman–Crippen MR) is 102 cm³/mol. The number of amides is 1. The molecule has 1 N–H and O–H groups in total. The molecule has 0 bridgehead atoms. The topological polar surface area (TPSA) is 41.6 Å². The van der Waals surface area contributed by atoms with Gasteiger partial charge in [0.1, 0.15) is 5.75 Å². The van der Waals surface area contributed by atoms with E-state index in [9.17, 15) is 4.79 Å². The number of rotatable bonds is 7. The van der Waals surface area contributed by atoms with Gasteiger partial charge in [-0.1, -0.05) is 36.4 Å². The van der Waals surface area contributed by atoms with Crippen molar-refractivity contribution in [2.45, 2.75) is 6.54 Å². The lowest BCUT2D eigenvalue weighted by Crippen LogP contribution is -2.31. The van der Waals surface area contributed by atoms with Crippen molar-refractivity contribution >= 4 is 22.9 Å². The Balaban J connectivity index is 1.60. The van der Waals surface area contributed by atoms with Crippen LogP contribution < -0.4 is 10.1 Å². The van der Waals surface area contributed by atoms with Crippen molar-refractivity contribution in [2.75, 3.05) is 18.9 Å². The largest absolute Gasteiger partial charge is 0.455 e. The molecule has 0 aliphatic heterocycles. The fourth-order valence-corrected chi connectivity index (χ4v) is 3.10. The third kappa shape index (κ3) is 4.84. The molecule has 128 valence electrons. The van der Waals surface area contributed by atoms with Crippen molar-refractivity contribution < 1.29 is 9.53 Å². The quantitative estimate of drug-likeness (QED) is 0.675. The van der Waals surface area contributed by atoms with Gasteiger partial charge in [-0.15, -0.1) is 11.3 Å². The molecule has 1 heterocycles. The van der Waals surface area contributed by atoms with E-state index in [0.29, 0.717) is 12.3 Å². The Kier molecular flexibility index (Phi) is 5.69. The number of ether oxygens (including phenoxy) is 1. The van der Waals surface area contributed by atoms with E-state index in [0.717, 1.165) is 11.4 Å². The molecule has 1 aromatic heterocycles. The third-order valence-electron chi connectivity index (χ3n) is 3.69. The Morgan fingerprint density at radius 2 is 1.80 bits per heavy atom. The molecule has 0 radical (unpaired) electrons. The Bertz CT molecular complexity index is 804. The number of carbonyl (C=O) groups excluding carboxylic acids is 1. The lowest BCUT2D eigenvalue weighted by atomic mass is 10.2. The van der Waals surface area contributed by atoms with Crippen LogP contribution in [0.5, 0.6) is 11.5 Å². The molecule has 0 saturated heterocycles. The van der Waals surface area contributed by atoms with Gasteiger partial charge in [0.2, 0.25) is 5.91 Å². The molecule has 5 heteroatoms. The zero-order chi connectivity index (χ0) is 17.5. The van der Waals surface area contributed by atoms with Gasteiger partial charge < -0.3 is 15.0 Å². The molecule has 3 aromatic rings. The van der Waals surface area contributed by atoms with E-state index in [1.165, 1.54) is 4.88 Å². The number of nitrogens with zero attached hydrogens (tertiary/aromatic N) is 1. The minimum absolute atomic E-state index is 0.0305. The van der Waals surface area contributed by atoms with Crippen molar-refractivity contribution in [1.82, 2.24) is 4.90 Å². The van der Waals surface area contributed by atoms with Gasteiger partial charge in [-0.25, -0.2) is 0 Å². The van der Waals surface area contributed by atoms with Gasteiger partial charge in [-0.2, -0.15) is 0 Å². The van der Waals surface area contributed by atoms with E-state index in [1.807, 2.05) is 79.2 Å². The second-order valence-electron chi connectivity index (χ2n) is 5.59. The Labute approximate surface area is 151 Å². The fourth-order valence-electron chi connectivity index (χ4n) is 2.35. The van der Waals surface area contributed by atoms with Crippen molar-refractivity contribution in [2.24, 2.45) is 0 Å². The monoisotopic (exact) mass is 352 g/mol. The first-order valence-electron chi connectivity index (χ1n) is 8.04. The summed E-state index contributed by atoms with van der Waals surface area (Å²) in [6.07, 6.45) is 0. The zero-order valence-corrected chi connectivity index (χ0v) is 14.8. The van der Waals surface area contributed by atoms with Crippen LogP contribution in [0.1, 0.15) is 4.88 Å². The summed E-state index contributed by atoms with van der Waals surface area (Å²) >= 11 is 1.65. The Morgan fingerprint density at radius 1 is 1.04 bits per heavy atom. The summed E-state index contributed by atoms with van der Waals surface area (Å²) < 4.78 is 5.90. The molecule has 1 amide bonds. The summed E-state index contributed by atoms with van der Waals surface area (Å²) in [7, 11) is 1.82. The van der Waals surface area contributed by atoms with E-state index < -0.39 is 0 Å². The molecule has 0 fully saturated rings. The van der Waals surface area contributed by atoms with Crippen LogP contribution in [0, 0.1) is 0 Å². The van der Waals surface area contributed by atoms with Crippen molar-refractivity contribution in [1.29, 1.82) is 0 Å². The number of anilines is 1. The molecule has 3 rings (SSSR count). The summed E-state index contributed by atoms with van der Waals surface area (Å²) in [6.45, 7) is 0.845. The number of para-hydroxylation sites is 3. The fraction of sp³-hybridized carbons (Fsp3) is 0.150. The van der Waals surface area contributed by atoms with Gasteiger partial charge in [0.25, 0.3) is 0 Å². The Morgan fingerprint density at radius 3 is 2.56 bits per heavy atom. The number of carbonyl (C=O) groups is 1. The van der Waals surface area contributed by atoms with Gasteiger partial charge in [0.15, 0.2) is 5.75 Å². The van der Waals surface area contributed by atoms with Gasteiger partial charge in [0.05, 0.1) is 18.8 Å². The van der Waals surface area contributed by atoms with Crippen LogP contribution in [0.3, 0.4) is 0 Å². The Hall–Kier alpha value is -2.79. The molecule has 25 heavy (non-hydrogen) atoms. The number of likely N-dealkylation sites (N-methyl/N-ethyl adjacent to an activating group) is 1. The second kappa shape index (κ2) is 8.35. The SMILES string of the molecule is CN(Cc1cccs1)C(=O)CNc1ccccc1Oc1ccccc1. The third-order valence-corrected chi connectivity index (χ3v) is 4.55. The number of benzene rings is 2. The maximum Gasteiger partial charge on any atom is 0.241 e. The van der Waals surface area contributed by atoms with Gasteiger partial charge >= 0.3 is 0 Å². The van der Waals surface area contributed by atoms with Crippen molar-refractivity contribution in [3.05, 3.63) is 77.0 Å². The highest BCUT2D eigenvalue weighted by molar-refractivity contribution is 7.09. The first-order valence-corrected chi connectivity index (χ1v) is 8.92. The van der Waals surface area contributed by atoms with Crippen LogP contribution in [0.2, 0.25) is 0 Å². The van der Waals surface area contributed by atoms with E-state index in [2.05, 4.69) is 5.32 Å². The van der Waals surface area contributed by atoms with Crippen LogP contribution in [-0.4, -0.2) is 24.4 Å². The standard InChI is InChI=1S/C20H20N2O2S/c1-22(15-17-10-7-13-25-17)20(23)14-21-18-11-5-6-12-19(18)24-16-8-3-2-4-9-16/h2-13,21H,14-15H2,1H3. The second-order valence-corrected chi connectivity index (χ2v) is 6.63. The molecule has 0 spiro atoms. The molecule has 0 saturated carbocycles. The average Bonchev–Trinajstić information content (AvgIpc) is 3.14. The highest BCUT2D eigenvalue weighted by Gasteiger charge is 2.11. The maximum atomic E-state index is 12.3. The minimum Gasteiger partial charge on any atom is -0.455 e. The molecule has 0 atom stereocenters.